The number of rotatable bonds is 3. The van der Waals surface area contributed by atoms with Crippen molar-refractivity contribution in [2.45, 2.75) is 26.3 Å². The number of hydrogen-bond acceptors (Lipinski definition) is 3. The van der Waals surface area contributed by atoms with Crippen LogP contribution in [0.3, 0.4) is 0 Å². The van der Waals surface area contributed by atoms with Crippen molar-refractivity contribution in [1.82, 2.24) is 9.88 Å². The molecule has 0 saturated carbocycles. The van der Waals surface area contributed by atoms with E-state index in [0.29, 0.717) is 5.92 Å². The summed E-state index contributed by atoms with van der Waals surface area (Å²) in [5, 5.41) is 1.25. The quantitative estimate of drug-likeness (QED) is 0.729. The van der Waals surface area contributed by atoms with Gasteiger partial charge >= 0.3 is 0 Å². The topological polar surface area (TPSA) is 29.3 Å². The van der Waals surface area contributed by atoms with Crippen LogP contribution in [0.1, 0.15) is 28.4 Å². The molecule has 3 heterocycles. The Labute approximate surface area is 130 Å². The van der Waals surface area contributed by atoms with Gasteiger partial charge in [-0.05, 0) is 43.2 Å². The van der Waals surface area contributed by atoms with E-state index in [2.05, 4.69) is 48.0 Å². The van der Waals surface area contributed by atoms with Gasteiger partial charge in [-0.25, -0.2) is 0 Å². The van der Waals surface area contributed by atoms with Gasteiger partial charge in [-0.15, -0.1) is 0 Å². The molecule has 2 aromatic heterocycles. The Kier molecular flexibility index (Phi) is 3.23. The molecule has 0 amide bonds. The molecule has 1 aromatic carbocycles. The zero-order chi connectivity index (χ0) is 15.1. The lowest BCUT2D eigenvalue weighted by atomic mass is 9.92. The summed E-state index contributed by atoms with van der Waals surface area (Å²) in [6.07, 6.45) is 3.82. The molecule has 1 aliphatic rings. The lowest BCUT2D eigenvalue weighted by molar-refractivity contribution is 0.129. The highest BCUT2D eigenvalue weighted by Gasteiger charge is 2.29. The number of nitrogens with zero attached hydrogens (tertiary/aromatic N) is 2. The van der Waals surface area contributed by atoms with Crippen LogP contribution in [0.4, 0.5) is 0 Å². The Morgan fingerprint density at radius 1 is 1.23 bits per heavy atom. The number of pyridine rings is 1. The molecule has 1 aliphatic heterocycles. The lowest BCUT2D eigenvalue weighted by Crippen LogP contribution is -2.44. The molecule has 0 radical (unpaired) electrons. The van der Waals surface area contributed by atoms with Crippen molar-refractivity contribution in [2.24, 2.45) is 0 Å². The largest absolute Gasteiger partial charge is 0.459 e. The minimum atomic E-state index is 0.612. The van der Waals surface area contributed by atoms with Crippen molar-refractivity contribution in [3.8, 4) is 0 Å². The fraction of sp³-hybridized carbons (Fsp3) is 0.316. The molecule has 0 spiro atoms. The SMILES string of the molecule is Cc1ccc2oc(CN3CC(c4cccnc4)C3)c(C)c2c1. The molecule has 3 nitrogen and oxygen atoms in total. The van der Waals surface area contributed by atoms with E-state index >= 15 is 0 Å². The summed E-state index contributed by atoms with van der Waals surface area (Å²) in [4.78, 5) is 6.65. The molecule has 0 aliphatic carbocycles. The normalized spacial score (nSPS) is 16.1. The van der Waals surface area contributed by atoms with E-state index in [1.54, 1.807) is 0 Å². The van der Waals surface area contributed by atoms with E-state index in [1.165, 1.54) is 22.1 Å². The second kappa shape index (κ2) is 5.25. The molecule has 1 saturated heterocycles. The highest BCUT2D eigenvalue weighted by atomic mass is 16.3. The first-order valence-electron chi connectivity index (χ1n) is 7.81. The zero-order valence-corrected chi connectivity index (χ0v) is 13.0. The third-order valence-electron chi connectivity index (χ3n) is 4.67. The number of benzene rings is 1. The highest BCUT2D eigenvalue weighted by Crippen LogP contribution is 2.31. The molecule has 3 aromatic rings. The van der Waals surface area contributed by atoms with Gasteiger partial charge in [0.15, 0.2) is 0 Å². The molecule has 0 bridgehead atoms. The molecular weight excluding hydrogens is 272 g/mol. The maximum atomic E-state index is 6.05. The van der Waals surface area contributed by atoms with Crippen LogP contribution in [-0.2, 0) is 6.54 Å². The molecule has 3 heteroatoms. The Morgan fingerprint density at radius 2 is 2.09 bits per heavy atom. The van der Waals surface area contributed by atoms with Crippen LogP contribution in [-0.4, -0.2) is 23.0 Å². The molecular formula is C19H20N2O. The van der Waals surface area contributed by atoms with Crippen molar-refractivity contribution < 1.29 is 4.42 Å². The summed E-state index contributed by atoms with van der Waals surface area (Å²) >= 11 is 0. The fourth-order valence-electron chi connectivity index (χ4n) is 3.27. The summed E-state index contributed by atoms with van der Waals surface area (Å²) < 4.78 is 6.05. The summed E-state index contributed by atoms with van der Waals surface area (Å²) in [5.74, 6) is 1.71. The maximum Gasteiger partial charge on any atom is 0.134 e. The van der Waals surface area contributed by atoms with Crippen molar-refractivity contribution in [1.29, 1.82) is 0 Å². The minimum Gasteiger partial charge on any atom is -0.459 e. The Morgan fingerprint density at radius 3 is 2.86 bits per heavy atom. The first-order valence-corrected chi connectivity index (χ1v) is 7.81. The van der Waals surface area contributed by atoms with E-state index < -0.39 is 0 Å². The van der Waals surface area contributed by atoms with Crippen LogP contribution in [0, 0.1) is 13.8 Å². The predicted octanol–water partition coefficient (Wildman–Crippen LogP) is 4.04. The molecule has 0 unspecified atom stereocenters. The van der Waals surface area contributed by atoms with Gasteiger partial charge in [-0.3, -0.25) is 9.88 Å². The number of likely N-dealkylation sites (tertiary alicyclic amines) is 1. The van der Waals surface area contributed by atoms with Gasteiger partial charge in [-0.1, -0.05) is 17.7 Å². The zero-order valence-electron chi connectivity index (χ0n) is 13.0. The number of aryl methyl sites for hydroxylation is 2. The molecule has 1 fully saturated rings. The lowest BCUT2D eigenvalue weighted by Gasteiger charge is -2.39. The summed E-state index contributed by atoms with van der Waals surface area (Å²) in [6, 6.07) is 10.6. The average molecular weight is 292 g/mol. The number of furan rings is 1. The van der Waals surface area contributed by atoms with Crippen molar-refractivity contribution in [3.63, 3.8) is 0 Å². The molecule has 22 heavy (non-hydrogen) atoms. The number of fused-ring (bicyclic) bond motifs is 1. The van der Waals surface area contributed by atoms with Crippen LogP contribution in [0.2, 0.25) is 0 Å². The van der Waals surface area contributed by atoms with Gasteiger partial charge in [-0.2, -0.15) is 0 Å². The van der Waals surface area contributed by atoms with Gasteiger partial charge in [0.25, 0.3) is 0 Å². The standard InChI is InChI=1S/C19H20N2O/c1-13-5-6-18-17(8-13)14(2)19(22-18)12-21-10-16(11-21)15-4-3-7-20-9-15/h3-9,16H,10-12H2,1-2H3. The summed E-state index contributed by atoms with van der Waals surface area (Å²) in [6.45, 7) is 7.36. The molecule has 0 atom stereocenters. The predicted molar refractivity (Wildman–Crippen MR) is 87.9 cm³/mol. The average Bonchev–Trinajstić information content (AvgIpc) is 2.80. The van der Waals surface area contributed by atoms with Crippen LogP contribution in [0.5, 0.6) is 0 Å². The molecule has 0 N–H and O–H groups in total. The van der Waals surface area contributed by atoms with E-state index in [-0.39, 0.29) is 0 Å². The maximum absolute atomic E-state index is 6.05. The Hall–Kier alpha value is -2.13. The minimum absolute atomic E-state index is 0.612. The Balaban J connectivity index is 1.48. The molecule has 4 rings (SSSR count). The van der Waals surface area contributed by atoms with Crippen LogP contribution < -0.4 is 0 Å². The highest BCUT2D eigenvalue weighted by molar-refractivity contribution is 5.82. The third-order valence-corrected chi connectivity index (χ3v) is 4.67. The molecule has 112 valence electrons. The summed E-state index contributed by atoms with van der Waals surface area (Å²) in [5.41, 5.74) is 4.91. The first kappa shape index (κ1) is 13.5. The number of aromatic nitrogens is 1. The van der Waals surface area contributed by atoms with E-state index in [0.717, 1.165) is 31.0 Å². The van der Waals surface area contributed by atoms with Gasteiger partial charge < -0.3 is 4.42 Å². The van der Waals surface area contributed by atoms with Crippen LogP contribution >= 0.6 is 0 Å². The van der Waals surface area contributed by atoms with Gasteiger partial charge in [0.2, 0.25) is 0 Å². The van der Waals surface area contributed by atoms with Crippen LogP contribution in [0.15, 0.2) is 47.1 Å². The van der Waals surface area contributed by atoms with Crippen molar-refractivity contribution in [3.05, 3.63) is 65.2 Å². The van der Waals surface area contributed by atoms with Gasteiger partial charge in [0.05, 0.1) is 6.54 Å². The first-order chi connectivity index (χ1) is 10.7. The van der Waals surface area contributed by atoms with Gasteiger partial charge in [0, 0.05) is 36.8 Å². The van der Waals surface area contributed by atoms with Crippen molar-refractivity contribution in [2.75, 3.05) is 13.1 Å². The second-order valence-corrected chi connectivity index (χ2v) is 6.33. The second-order valence-electron chi connectivity index (χ2n) is 6.33. The third kappa shape index (κ3) is 2.32. The van der Waals surface area contributed by atoms with Crippen LogP contribution in [0.25, 0.3) is 11.0 Å². The number of hydrogen-bond donors (Lipinski definition) is 0. The van der Waals surface area contributed by atoms with Crippen molar-refractivity contribution >= 4 is 11.0 Å². The van der Waals surface area contributed by atoms with Gasteiger partial charge in [0.1, 0.15) is 11.3 Å². The smallest absolute Gasteiger partial charge is 0.134 e. The Bertz CT molecular complexity index is 801. The summed E-state index contributed by atoms with van der Waals surface area (Å²) in [7, 11) is 0. The monoisotopic (exact) mass is 292 g/mol. The van der Waals surface area contributed by atoms with E-state index in [1.807, 2.05) is 18.5 Å². The van der Waals surface area contributed by atoms with E-state index in [4.69, 9.17) is 4.42 Å². The fourth-order valence-corrected chi connectivity index (χ4v) is 3.27. The van der Waals surface area contributed by atoms with E-state index in [9.17, 15) is 0 Å².